The Kier molecular flexibility index (Phi) is 9.75. The Labute approximate surface area is 232 Å². The summed E-state index contributed by atoms with van der Waals surface area (Å²) < 4.78 is 2.10. The molecule has 0 nitrogen and oxygen atoms in total. The van der Waals surface area contributed by atoms with Crippen molar-refractivity contribution in [2.75, 3.05) is 0 Å². The molecule has 6 atom stereocenters. The topological polar surface area (TPSA) is 0 Å². The fourth-order valence-electron chi connectivity index (χ4n) is 7.01. The fourth-order valence-corrected chi connectivity index (χ4v) is 17.6. The standard InChI is InChI=1S/C30H38Si.2ClH.Zr/c1-5-7-17-29(27-21-19-23-13-9-11-15-25(23)27)31(3,4)30(18-8-6-2)28-22-20-24-14-10-12-16-26(24)28;;;/h7-16,19-22,27-30H,5-6,17-18H2,1-4H3;2*1H;/q;;;+2/p-2. The van der Waals surface area contributed by atoms with E-state index in [9.17, 15) is 0 Å². The van der Waals surface area contributed by atoms with E-state index in [1.165, 1.54) is 36.8 Å². The molecule has 0 amide bonds. The molecule has 2 aromatic rings. The van der Waals surface area contributed by atoms with Gasteiger partial charge in [-0.2, -0.15) is 0 Å². The van der Waals surface area contributed by atoms with Crippen molar-refractivity contribution in [3.05, 3.63) is 82.9 Å². The summed E-state index contributed by atoms with van der Waals surface area (Å²) in [5.41, 5.74) is 7.91. The van der Waals surface area contributed by atoms with Crippen LogP contribution in [-0.4, -0.2) is 8.07 Å². The molecule has 6 unspecified atom stereocenters. The molecule has 2 aromatic carbocycles. The Morgan fingerprint density at radius 2 is 1.12 bits per heavy atom. The molecular formula is C30H38Cl2SiZr. The normalized spacial score (nSPS) is 30.5. The van der Waals surface area contributed by atoms with Crippen LogP contribution in [0, 0.1) is 0 Å². The van der Waals surface area contributed by atoms with Gasteiger partial charge in [-0.25, -0.2) is 0 Å². The molecule has 0 N–H and O–H groups in total. The van der Waals surface area contributed by atoms with Crippen molar-refractivity contribution in [1.82, 2.24) is 0 Å². The quantitative estimate of drug-likeness (QED) is 0.481. The first-order valence-electron chi connectivity index (χ1n) is 12.8. The largest absolute Gasteiger partial charge is 1.00 e. The van der Waals surface area contributed by atoms with Gasteiger partial charge < -0.3 is 24.8 Å². The van der Waals surface area contributed by atoms with Crippen molar-refractivity contribution in [1.29, 1.82) is 0 Å². The van der Waals surface area contributed by atoms with Gasteiger partial charge in [0, 0.05) is 0 Å². The van der Waals surface area contributed by atoms with Crippen LogP contribution in [-0.2, 0) is 23.2 Å². The van der Waals surface area contributed by atoms with Crippen LogP contribution in [0.4, 0.5) is 0 Å². The Balaban J connectivity index is 0.00000162. The molecule has 0 bridgehead atoms. The maximum Gasteiger partial charge on any atom is -1.00 e. The monoisotopic (exact) mass is 586 g/mol. The summed E-state index contributed by atoms with van der Waals surface area (Å²) in [7, 11) is -1.59. The molecule has 1 aliphatic heterocycles. The predicted octanol–water partition coefficient (Wildman–Crippen LogP) is 3.34. The molecule has 4 heteroatoms. The Hall–Kier alpha value is -0.400. The summed E-state index contributed by atoms with van der Waals surface area (Å²) in [6, 6.07) is 18.5. The molecule has 0 spiro atoms. The van der Waals surface area contributed by atoms with Crippen LogP contribution >= 0.6 is 0 Å². The van der Waals surface area contributed by atoms with Crippen molar-refractivity contribution < 1.29 is 48.0 Å². The van der Waals surface area contributed by atoms with Crippen LogP contribution in [0.1, 0.15) is 73.6 Å². The van der Waals surface area contributed by atoms with Crippen molar-refractivity contribution in [2.24, 2.45) is 0 Å². The van der Waals surface area contributed by atoms with E-state index < -0.39 is 31.3 Å². The van der Waals surface area contributed by atoms with Crippen LogP contribution in [0.15, 0.2) is 60.7 Å². The SMILES string of the molecule is CC[CH]1CC(C2C=Cc3ccccc32)[Si](C)(C)C(C2C=Cc3ccccc32)C[CH](CC)[Zr+2]1.[Cl-].[Cl-]. The average molecular weight is 589 g/mol. The Morgan fingerprint density at radius 1 is 0.706 bits per heavy atom. The van der Waals surface area contributed by atoms with Crippen molar-refractivity contribution in [2.45, 2.75) is 82.8 Å². The number of hydrogen-bond acceptors (Lipinski definition) is 0. The minimum atomic E-state index is -1.59. The molecule has 0 aromatic heterocycles. The summed E-state index contributed by atoms with van der Waals surface area (Å²) in [5, 5.41) is 0. The molecule has 3 aliphatic rings. The maximum atomic E-state index is 2.78. The second-order valence-corrected chi connectivity index (χ2v) is 20.9. The van der Waals surface area contributed by atoms with Gasteiger partial charge >= 0.3 is 209 Å². The first kappa shape index (κ1) is 28.2. The van der Waals surface area contributed by atoms with E-state index in [0.717, 1.165) is 18.3 Å². The molecule has 34 heavy (non-hydrogen) atoms. The number of benzene rings is 2. The van der Waals surface area contributed by atoms with Crippen LogP contribution in [0.3, 0.4) is 0 Å². The van der Waals surface area contributed by atoms with Crippen LogP contribution in [0.5, 0.6) is 0 Å². The van der Waals surface area contributed by atoms with Gasteiger partial charge in [0.05, 0.1) is 0 Å². The third-order valence-electron chi connectivity index (χ3n) is 8.99. The fraction of sp³-hybridized carbons (Fsp3) is 0.467. The van der Waals surface area contributed by atoms with Crippen molar-refractivity contribution >= 4 is 20.2 Å². The molecule has 1 saturated heterocycles. The third kappa shape index (κ3) is 5.18. The van der Waals surface area contributed by atoms with E-state index in [1.54, 1.807) is 11.1 Å². The van der Waals surface area contributed by atoms with E-state index in [-0.39, 0.29) is 24.8 Å². The van der Waals surface area contributed by atoms with Crippen molar-refractivity contribution in [3.63, 3.8) is 0 Å². The second kappa shape index (κ2) is 11.8. The average Bonchev–Trinajstić information content (AvgIpc) is 3.42. The minimum absolute atomic E-state index is 0. The summed E-state index contributed by atoms with van der Waals surface area (Å²) in [6.07, 6.45) is 15.9. The zero-order chi connectivity index (χ0) is 22.3. The second-order valence-electron chi connectivity index (χ2n) is 10.9. The third-order valence-corrected chi connectivity index (χ3v) is 19.5. The van der Waals surface area contributed by atoms with Crippen LogP contribution < -0.4 is 24.8 Å². The Bertz CT molecular complexity index is 950. The van der Waals surface area contributed by atoms with Gasteiger partial charge in [0.2, 0.25) is 0 Å². The molecule has 1 heterocycles. The molecule has 0 saturated carbocycles. The number of fused-ring (bicyclic) bond motifs is 2. The minimum Gasteiger partial charge on any atom is -1.00 e. The first-order valence-corrected chi connectivity index (χ1v) is 18.8. The van der Waals surface area contributed by atoms with Gasteiger partial charge in [-0.3, -0.25) is 0 Å². The van der Waals surface area contributed by atoms with Gasteiger partial charge in [0.25, 0.3) is 0 Å². The summed E-state index contributed by atoms with van der Waals surface area (Å²) >= 11 is -0.399. The number of rotatable bonds is 4. The maximum absolute atomic E-state index is 2.78. The van der Waals surface area contributed by atoms with Gasteiger partial charge in [0.15, 0.2) is 0 Å². The van der Waals surface area contributed by atoms with E-state index in [4.69, 9.17) is 0 Å². The Morgan fingerprint density at radius 3 is 1.53 bits per heavy atom. The van der Waals surface area contributed by atoms with Crippen LogP contribution in [0.25, 0.3) is 12.2 Å². The predicted molar refractivity (Wildman–Crippen MR) is 139 cm³/mol. The molecule has 2 aliphatic carbocycles. The molecule has 1 fully saturated rings. The molecule has 180 valence electrons. The molecule has 5 rings (SSSR count). The van der Waals surface area contributed by atoms with Crippen molar-refractivity contribution in [3.8, 4) is 0 Å². The van der Waals surface area contributed by atoms with Crippen LogP contribution in [0.2, 0.25) is 31.4 Å². The zero-order valence-electron chi connectivity index (χ0n) is 21.0. The van der Waals surface area contributed by atoms with E-state index in [1.807, 2.05) is 0 Å². The van der Waals surface area contributed by atoms with E-state index >= 15 is 0 Å². The number of allylic oxidation sites excluding steroid dienone is 2. The molecular weight excluding hydrogens is 551 g/mol. The van der Waals surface area contributed by atoms with Gasteiger partial charge in [-0.05, 0) is 0 Å². The van der Waals surface area contributed by atoms with E-state index in [0.29, 0.717) is 11.8 Å². The summed E-state index contributed by atoms with van der Waals surface area (Å²) in [4.78, 5) is 0. The van der Waals surface area contributed by atoms with Gasteiger partial charge in [0.1, 0.15) is 0 Å². The zero-order valence-corrected chi connectivity index (χ0v) is 25.9. The van der Waals surface area contributed by atoms with E-state index in [2.05, 4.69) is 99.8 Å². The first-order chi connectivity index (χ1) is 15.5. The number of halogens is 2. The van der Waals surface area contributed by atoms with Gasteiger partial charge in [-0.15, -0.1) is 0 Å². The van der Waals surface area contributed by atoms with Gasteiger partial charge in [-0.1, -0.05) is 0 Å². The molecule has 0 radical (unpaired) electrons. The summed E-state index contributed by atoms with van der Waals surface area (Å²) in [5.74, 6) is 1.28. The summed E-state index contributed by atoms with van der Waals surface area (Å²) in [6.45, 7) is 10.5. The smallest absolute Gasteiger partial charge is 1.00 e. The number of hydrogen-bond donors (Lipinski definition) is 0.